The third-order valence-corrected chi connectivity index (χ3v) is 4.87. The van der Waals surface area contributed by atoms with Crippen LogP contribution in [0.3, 0.4) is 0 Å². The maximum Gasteiger partial charge on any atom is 0.272 e. The first-order chi connectivity index (χ1) is 12.2. The number of nitrogens with zero attached hydrogens (tertiary/aromatic N) is 3. The Hall–Kier alpha value is -2.46. The first-order valence-electron chi connectivity index (χ1n) is 8.52. The Balaban J connectivity index is 1.77. The topological polar surface area (TPSA) is 46.1 Å². The minimum Gasteiger partial charge on any atom is -0.337 e. The number of aromatic nitrogens is 2. The van der Waals surface area contributed by atoms with Crippen LogP contribution in [0.5, 0.6) is 0 Å². The summed E-state index contributed by atoms with van der Waals surface area (Å²) in [6, 6.07) is 11.3. The minimum absolute atomic E-state index is 0.0143. The molecule has 0 unspecified atom stereocenters. The van der Waals surface area contributed by atoms with Gasteiger partial charge < -0.3 is 4.90 Å². The van der Waals surface area contributed by atoms with E-state index < -0.39 is 0 Å². The Morgan fingerprint density at radius 2 is 1.72 bits per heavy atom. The number of halogens is 1. The van der Waals surface area contributed by atoms with Gasteiger partial charge in [0.15, 0.2) is 0 Å². The summed E-state index contributed by atoms with van der Waals surface area (Å²) in [7, 11) is 0. The fraction of sp³-hybridized carbons (Fsp3) is 0.250. The van der Waals surface area contributed by atoms with Crippen molar-refractivity contribution in [2.45, 2.75) is 19.3 Å². The second-order valence-electron chi connectivity index (χ2n) is 6.32. The fourth-order valence-corrected chi connectivity index (χ4v) is 3.39. The number of piperidine rings is 1. The predicted molar refractivity (Wildman–Crippen MR) is 99.7 cm³/mol. The predicted octanol–water partition coefficient (Wildman–Crippen LogP) is 4.58. The molecule has 0 bridgehead atoms. The first kappa shape index (κ1) is 16.0. The van der Waals surface area contributed by atoms with Crippen LogP contribution in [0.2, 0.25) is 5.02 Å². The number of carbonyl (C=O) groups is 1. The molecule has 4 rings (SSSR count). The largest absolute Gasteiger partial charge is 0.337 e. The molecule has 1 aliphatic rings. The summed E-state index contributed by atoms with van der Waals surface area (Å²) < 4.78 is 0. The molecule has 3 aromatic rings. The molecule has 0 atom stereocenters. The van der Waals surface area contributed by atoms with Crippen molar-refractivity contribution in [1.29, 1.82) is 0 Å². The van der Waals surface area contributed by atoms with Gasteiger partial charge in [0.1, 0.15) is 5.69 Å². The lowest BCUT2D eigenvalue weighted by Gasteiger charge is -2.26. The van der Waals surface area contributed by atoms with Crippen LogP contribution in [0.25, 0.3) is 22.0 Å². The molecule has 1 fully saturated rings. The zero-order valence-electron chi connectivity index (χ0n) is 13.8. The Bertz CT molecular complexity index is 918. The van der Waals surface area contributed by atoms with Gasteiger partial charge in [-0.15, -0.1) is 0 Å². The molecule has 1 aromatic carbocycles. The molecular formula is C20H18ClN3O. The van der Waals surface area contributed by atoms with E-state index in [4.69, 9.17) is 11.6 Å². The first-order valence-corrected chi connectivity index (χ1v) is 8.90. The molecule has 5 heteroatoms. The summed E-state index contributed by atoms with van der Waals surface area (Å²) in [5, 5.41) is 1.61. The molecule has 1 saturated heterocycles. The summed E-state index contributed by atoms with van der Waals surface area (Å²) in [5.74, 6) is 0.0143. The number of amides is 1. The van der Waals surface area contributed by atoms with Crippen LogP contribution in [0.4, 0.5) is 0 Å². The van der Waals surface area contributed by atoms with Crippen molar-refractivity contribution in [2.24, 2.45) is 0 Å². The van der Waals surface area contributed by atoms with E-state index in [1.54, 1.807) is 18.5 Å². The van der Waals surface area contributed by atoms with Gasteiger partial charge in [0, 0.05) is 41.5 Å². The molecule has 2 aromatic heterocycles. The second-order valence-corrected chi connectivity index (χ2v) is 6.75. The number of benzene rings is 1. The monoisotopic (exact) mass is 351 g/mol. The number of pyridine rings is 2. The number of rotatable bonds is 2. The third kappa shape index (κ3) is 3.22. The van der Waals surface area contributed by atoms with Gasteiger partial charge in [-0.05, 0) is 49.1 Å². The van der Waals surface area contributed by atoms with Gasteiger partial charge in [-0.2, -0.15) is 0 Å². The van der Waals surface area contributed by atoms with Crippen molar-refractivity contribution >= 4 is 28.4 Å². The molecule has 0 saturated carbocycles. The van der Waals surface area contributed by atoms with Gasteiger partial charge in [0.25, 0.3) is 5.91 Å². The lowest BCUT2D eigenvalue weighted by molar-refractivity contribution is 0.0719. The van der Waals surface area contributed by atoms with E-state index in [9.17, 15) is 4.79 Å². The summed E-state index contributed by atoms with van der Waals surface area (Å²) >= 11 is 5.99. The Kier molecular flexibility index (Phi) is 4.36. The Morgan fingerprint density at radius 3 is 2.48 bits per heavy atom. The van der Waals surface area contributed by atoms with Gasteiger partial charge in [-0.1, -0.05) is 23.7 Å². The maximum absolute atomic E-state index is 12.8. The highest BCUT2D eigenvalue weighted by molar-refractivity contribution is 6.30. The standard InChI is InChI=1S/C20H18ClN3O/c21-16-7-4-14(5-8-16)17-13-22-12-15-6-9-18(23-19(15)17)20(25)24-10-2-1-3-11-24/h4-9,12-13H,1-3,10-11H2. The van der Waals surface area contributed by atoms with E-state index in [0.29, 0.717) is 10.7 Å². The average Bonchev–Trinajstić information content (AvgIpc) is 2.68. The third-order valence-electron chi connectivity index (χ3n) is 4.62. The van der Waals surface area contributed by atoms with E-state index in [-0.39, 0.29) is 5.91 Å². The van der Waals surface area contributed by atoms with Gasteiger partial charge in [-0.3, -0.25) is 9.78 Å². The molecule has 4 nitrogen and oxygen atoms in total. The SMILES string of the molecule is O=C(c1ccc2cncc(-c3ccc(Cl)cc3)c2n1)N1CCCCC1. The van der Waals surface area contributed by atoms with E-state index in [2.05, 4.69) is 9.97 Å². The highest BCUT2D eigenvalue weighted by Gasteiger charge is 2.20. The molecule has 0 radical (unpaired) electrons. The molecule has 0 spiro atoms. The van der Waals surface area contributed by atoms with Crippen molar-refractivity contribution in [1.82, 2.24) is 14.9 Å². The van der Waals surface area contributed by atoms with Gasteiger partial charge >= 0.3 is 0 Å². The van der Waals surface area contributed by atoms with E-state index in [0.717, 1.165) is 48.0 Å². The van der Waals surface area contributed by atoms with E-state index in [1.165, 1.54) is 6.42 Å². The zero-order valence-corrected chi connectivity index (χ0v) is 14.5. The quantitative estimate of drug-likeness (QED) is 0.679. The summed E-state index contributed by atoms with van der Waals surface area (Å²) in [4.78, 5) is 23.7. The van der Waals surface area contributed by atoms with Crippen molar-refractivity contribution in [2.75, 3.05) is 13.1 Å². The highest BCUT2D eigenvalue weighted by Crippen LogP contribution is 2.28. The lowest BCUT2D eigenvalue weighted by Crippen LogP contribution is -2.36. The number of hydrogen-bond donors (Lipinski definition) is 0. The van der Waals surface area contributed by atoms with Crippen molar-refractivity contribution < 1.29 is 4.79 Å². The normalized spacial score (nSPS) is 14.7. The van der Waals surface area contributed by atoms with Gasteiger partial charge in [-0.25, -0.2) is 4.98 Å². The second kappa shape index (κ2) is 6.81. The van der Waals surface area contributed by atoms with Crippen LogP contribution in [-0.2, 0) is 0 Å². The van der Waals surface area contributed by atoms with Crippen LogP contribution in [0.15, 0.2) is 48.8 Å². The minimum atomic E-state index is 0.0143. The zero-order chi connectivity index (χ0) is 17.2. The van der Waals surface area contributed by atoms with Crippen molar-refractivity contribution in [3.05, 3.63) is 59.5 Å². The molecule has 1 amide bonds. The van der Waals surface area contributed by atoms with Crippen LogP contribution >= 0.6 is 11.6 Å². The van der Waals surface area contributed by atoms with Crippen molar-refractivity contribution in [3.63, 3.8) is 0 Å². The van der Waals surface area contributed by atoms with Crippen LogP contribution in [0.1, 0.15) is 29.8 Å². The summed E-state index contributed by atoms with van der Waals surface area (Å²) in [5.41, 5.74) is 3.18. The number of likely N-dealkylation sites (tertiary alicyclic amines) is 1. The average molecular weight is 352 g/mol. The molecule has 3 heterocycles. The van der Waals surface area contributed by atoms with Crippen LogP contribution < -0.4 is 0 Å². The van der Waals surface area contributed by atoms with Gasteiger partial charge in [0.2, 0.25) is 0 Å². The number of hydrogen-bond acceptors (Lipinski definition) is 3. The Labute approximate surface area is 151 Å². The molecular weight excluding hydrogens is 334 g/mol. The van der Waals surface area contributed by atoms with Crippen LogP contribution in [0, 0.1) is 0 Å². The summed E-state index contributed by atoms with van der Waals surface area (Å²) in [6.45, 7) is 1.64. The number of fused-ring (bicyclic) bond motifs is 1. The molecule has 0 aliphatic carbocycles. The molecule has 1 aliphatic heterocycles. The van der Waals surface area contributed by atoms with Crippen LogP contribution in [-0.4, -0.2) is 33.9 Å². The van der Waals surface area contributed by atoms with E-state index in [1.807, 2.05) is 35.2 Å². The molecule has 126 valence electrons. The fourth-order valence-electron chi connectivity index (χ4n) is 3.26. The van der Waals surface area contributed by atoms with Crippen molar-refractivity contribution in [3.8, 4) is 11.1 Å². The molecule has 25 heavy (non-hydrogen) atoms. The lowest BCUT2D eigenvalue weighted by atomic mass is 10.0. The maximum atomic E-state index is 12.8. The highest BCUT2D eigenvalue weighted by atomic mass is 35.5. The smallest absolute Gasteiger partial charge is 0.272 e. The van der Waals surface area contributed by atoms with E-state index >= 15 is 0 Å². The molecule has 0 N–H and O–H groups in total. The summed E-state index contributed by atoms with van der Waals surface area (Å²) in [6.07, 6.45) is 6.89. The number of carbonyl (C=O) groups excluding carboxylic acids is 1. The Morgan fingerprint density at radius 1 is 0.960 bits per heavy atom. The van der Waals surface area contributed by atoms with Gasteiger partial charge in [0.05, 0.1) is 5.52 Å².